The molecule has 0 amide bonds. The van der Waals surface area contributed by atoms with Crippen molar-refractivity contribution in [1.82, 2.24) is 15.3 Å². The van der Waals surface area contributed by atoms with Crippen molar-refractivity contribution in [3.05, 3.63) is 36.2 Å². The second-order valence-electron chi connectivity index (χ2n) is 3.57. The normalized spacial score (nSPS) is 20.7. The topological polar surface area (TPSA) is 37.8 Å². The van der Waals surface area contributed by atoms with Gasteiger partial charge in [-0.15, -0.1) is 0 Å². The molecule has 0 radical (unpaired) electrons. The number of nitrogens with zero attached hydrogens (tertiary/aromatic N) is 2. The predicted octanol–water partition coefficient (Wildman–Crippen LogP) is 1.66. The van der Waals surface area contributed by atoms with Crippen LogP contribution in [0, 0.1) is 0 Å². The van der Waals surface area contributed by atoms with Gasteiger partial charge < -0.3 is 5.32 Å². The molecule has 0 spiro atoms. The van der Waals surface area contributed by atoms with E-state index in [9.17, 15) is 0 Å². The Morgan fingerprint density at radius 3 is 2.86 bits per heavy atom. The van der Waals surface area contributed by atoms with Gasteiger partial charge in [-0.2, -0.15) is 0 Å². The zero-order valence-electron chi connectivity index (χ0n) is 7.77. The van der Waals surface area contributed by atoms with Gasteiger partial charge in [-0.1, -0.05) is 12.1 Å². The standard InChI is InChI=1S/C11H11N3/c1-2-8(9-4-5-12-9)11-10(3-1)13-6-7-14-11/h1-3,6-7,9,12H,4-5H2/t9-/m0/s1. The van der Waals surface area contributed by atoms with E-state index in [1.54, 1.807) is 12.4 Å². The lowest BCUT2D eigenvalue weighted by Crippen LogP contribution is -2.35. The minimum Gasteiger partial charge on any atom is -0.310 e. The quantitative estimate of drug-likeness (QED) is 0.734. The third kappa shape index (κ3) is 1.09. The van der Waals surface area contributed by atoms with Crippen LogP contribution in [0.3, 0.4) is 0 Å². The molecule has 2 heterocycles. The second kappa shape index (κ2) is 3.03. The molecule has 1 aromatic carbocycles. The highest BCUT2D eigenvalue weighted by atomic mass is 15.0. The number of nitrogens with one attached hydrogen (secondary N) is 1. The summed E-state index contributed by atoms with van der Waals surface area (Å²) in [6.45, 7) is 1.11. The smallest absolute Gasteiger partial charge is 0.0934 e. The number of aromatic nitrogens is 2. The Labute approximate surface area is 82.2 Å². The van der Waals surface area contributed by atoms with E-state index < -0.39 is 0 Å². The maximum Gasteiger partial charge on any atom is 0.0934 e. The van der Waals surface area contributed by atoms with Gasteiger partial charge >= 0.3 is 0 Å². The summed E-state index contributed by atoms with van der Waals surface area (Å²) >= 11 is 0. The largest absolute Gasteiger partial charge is 0.310 e. The van der Waals surface area contributed by atoms with Crippen LogP contribution in [0.25, 0.3) is 11.0 Å². The fourth-order valence-corrected chi connectivity index (χ4v) is 1.85. The van der Waals surface area contributed by atoms with Crippen molar-refractivity contribution >= 4 is 11.0 Å². The lowest BCUT2D eigenvalue weighted by molar-refractivity contribution is 0.385. The summed E-state index contributed by atoms with van der Waals surface area (Å²) in [6.07, 6.45) is 4.69. The molecule has 1 N–H and O–H groups in total. The Morgan fingerprint density at radius 2 is 2.07 bits per heavy atom. The summed E-state index contributed by atoms with van der Waals surface area (Å²) in [5.41, 5.74) is 3.30. The monoisotopic (exact) mass is 185 g/mol. The van der Waals surface area contributed by atoms with Crippen molar-refractivity contribution in [3.63, 3.8) is 0 Å². The molecule has 0 bridgehead atoms. The Balaban J connectivity index is 2.22. The van der Waals surface area contributed by atoms with Crippen LogP contribution in [0.1, 0.15) is 18.0 Å². The molecule has 0 unspecified atom stereocenters. The summed E-state index contributed by atoms with van der Waals surface area (Å²) < 4.78 is 0. The highest BCUT2D eigenvalue weighted by Gasteiger charge is 2.20. The lowest BCUT2D eigenvalue weighted by Gasteiger charge is -2.28. The Morgan fingerprint density at radius 1 is 1.21 bits per heavy atom. The van der Waals surface area contributed by atoms with E-state index in [0.29, 0.717) is 6.04 Å². The van der Waals surface area contributed by atoms with Gasteiger partial charge in [0.05, 0.1) is 11.0 Å². The van der Waals surface area contributed by atoms with Gasteiger partial charge in [0.15, 0.2) is 0 Å². The van der Waals surface area contributed by atoms with E-state index in [2.05, 4.69) is 21.4 Å². The molecule has 3 nitrogen and oxygen atoms in total. The van der Waals surface area contributed by atoms with E-state index in [1.807, 2.05) is 12.1 Å². The average molecular weight is 185 g/mol. The molecule has 1 aliphatic rings. The Hall–Kier alpha value is -1.48. The van der Waals surface area contributed by atoms with Crippen LogP contribution in [0.5, 0.6) is 0 Å². The second-order valence-corrected chi connectivity index (χ2v) is 3.57. The van der Waals surface area contributed by atoms with Crippen LogP contribution in [0.15, 0.2) is 30.6 Å². The van der Waals surface area contributed by atoms with Gasteiger partial charge in [-0.25, -0.2) is 0 Å². The summed E-state index contributed by atoms with van der Waals surface area (Å²) in [4.78, 5) is 8.67. The van der Waals surface area contributed by atoms with Crippen molar-refractivity contribution < 1.29 is 0 Å². The van der Waals surface area contributed by atoms with E-state index in [0.717, 1.165) is 17.6 Å². The third-order valence-corrected chi connectivity index (χ3v) is 2.73. The van der Waals surface area contributed by atoms with E-state index >= 15 is 0 Å². The molecule has 0 saturated carbocycles. The van der Waals surface area contributed by atoms with Gasteiger partial charge in [-0.3, -0.25) is 9.97 Å². The maximum absolute atomic E-state index is 4.38. The van der Waals surface area contributed by atoms with Crippen LogP contribution >= 0.6 is 0 Å². The van der Waals surface area contributed by atoms with Crippen LogP contribution in [-0.4, -0.2) is 16.5 Å². The highest BCUT2D eigenvalue weighted by molar-refractivity contribution is 5.78. The number of hydrogen-bond donors (Lipinski definition) is 1. The average Bonchev–Trinajstić information content (AvgIpc) is 2.16. The molecule has 70 valence electrons. The number of benzene rings is 1. The van der Waals surface area contributed by atoms with E-state index in [4.69, 9.17) is 0 Å². The maximum atomic E-state index is 4.38. The minimum absolute atomic E-state index is 0.482. The molecule has 1 atom stereocenters. The van der Waals surface area contributed by atoms with E-state index in [-0.39, 0.29) is 0 Å². The predicted molar refractivity (Wildman–Crippen MR) is 54.9 cm³/mol. The fourth-order valence-electron chi connectivity index (χ4n) is 1.85. The van der Waals surface area contributed by atoms with Crippen LogP contribution in [0.2, 0.25) is 0 Å². The summed E-state index contributed by atoms with van der Waals surface area (Å²) in [6, 6.07) is 6.67. The first-order chi connectivity index (χ1) is 6.95. The van der Waals surface area contributed by atoms with Crippen molar-refractivity contribution in [2.75, 3.05) is 6.54 Å². The summed E-state index contributed by atoms with van der Waals surface area (Å²) in [5.74, 6) is 0. The molecule has 3 rings (SSSR count). The molecule has 1 aromatic heterocycles. The van der Waals surface area contributed by atoms with Gasteiger partial charge in [0.25, 0.3) is 0 Å². The number of fused-ring (bicyclic) bond motifs is 1. The fraction of sp³-hybridized carbons (Fsp3) is 0.273. The number of hydrogen-bond acceptors (Lipinski definition) is 3. The first-order valence-corrected chi connectivity index (χ1v) is 4.88. The lowest BCUT2D eigenvalue weighted by atomic mass is 9.97. The molecule has 3 heteroatoms. The van der Waals surface area contributed by atoms with Crippen LogP contribution < -0.4 is 5.32 Å². The Bertz CT molecular complexity index is 458. The third-order valence-electron chi connectivity index (χ3n) is 2.73. The molecule has 14 heavy (non-hydrogen) atoms. The van der Waals surface area contributed by atoms with Gasteiger partial charge in [-0.05, 0) is 24.6 Å². The molecule has 1 fully saturated rings. The molecule has 1 saturated heterocycles. The van der Waals surface area contributed by atoms with Crippen molar-refractivity contribution in [2.45, 2.75) is 12.5 Å². The Kier molecular flexibility index (Phi) is 1.70. The first-order valence-electron chi connectivity index (χ1n) is 4.88. The molecular weight excluding hydrogens is 174 g/mol. The summed E-state index contributed by atoms with van der Waals surface area (Å²) in [5, 5.41) is 3.39. The molecule has 2 aromatic rings. The zero-order chi connectivity index (χ0) is 9.38. The highest BCUT2D eigenvalue weighted by Crippen LogP contribution is 2.27. The first kappa shape index (κ1) is 7.88. The van der Waals surface area contributed by atoms with Crippen LogP contribution in [0.4, 0.5) is 0 Å². The van der Waals surface area contributed by atoms with Crippen molar-refractivity contribution in [1.29, 1.82) is 0 Å². The van der Waals surface area contributed by atoms with Crippen molar-refractivity contribution in [2.24, 2.45) is 0 Å². The molecule has 1 aliphatic heterocycles. The molecular formula is C11H11N3. The van der Waals surface area contributed by atoms with E-state index in [1.165, 1.54) is 12.0 Å². The SMILES string of the molecule is c1cc([C@@H]2CCN2)c2nccnc2c1. The van der Waals surface area contributed by atoms with Gasteiger partial charge in [0.2, 0.25) is 0 Å². The van der Waals surface area contributed by atoms with Crippen LogP contribution in [-0.2, 0) is 0 Å². The molecule has 0 aliphatic carbocycles. The number of para-hydroxylation sites is 1. The minimum atomic E-state index is 0.482. The summed E-state index contributed by atoms with van der Waals surface area (Å²) in [7, 11) is 0. The van der Waals surface area contributed by atoms with Gasteiger partial charge in [0.1, 0.15) is 0 Å². The van der Waals surface area contributed by atoms with Gasteiger partial charge in [0, 0.05) is 18.4 Å². The van der Waals surface area contributed by atoms with Crippen molar-refractivity contribution in [3.8, 4) is 0 Å². The number of rotatable bonds is 1. The zero-order valence-corrected chi connectivity index (χ0v) is 7.77.